The lowest BCUT2D eigenvalue weighted by molar-refractivity contribution is -0.143. The number of morpholine rings is 1. The Kier molecular flexibility index (Phi) is 9.82. The summed E-state index contributed by atoms with van der Waals surface area (Å²) in [4.78, 5) is 58.7. The Bertz CT molecular complexity index is 1740. The molecule has 2 aromatic heterocycles. The van der Waals surface area contributed by atoms with Crippen molar-refractivity contribution in [3.05, 3.63) is 98.9 Å². The molecule has 0 aliphatic carbocycles. The van der Waals surface area contributed by atoms with Gasteiger partial charge in [-0.25, -0.2) is 13.8 Å². The van der Waals surface area contributed by atoms with Crippen LogP contribution in [0.3, 0.4) is 0 Å². The number of rotatable bonds is 10. The molecule has 4 aromatic rings. The van der Waals surface area contributed by atoms with Crippen molar-refractivity contribution in [1.82, 2.24) is 18.9 Å². The van der Waals surface area contributed by atoms with Crippen LogP contribution in [0.5, 0.6) is 5.75 Å². The standard InChI is InChI=1S/C31H30ClFN4O6S/c1-19-14-36(15-20(2)43-19)26(39)16-35-10-11-37-29(40)28(42-18-21-6-4-3-5-7-21)27(34-31(35)37)30(41)44-23(17-38)12-22-8-9-25(33)24(32)13-22/h3-11,13,17,19-20,23H,12,14-16,18H2,1-2H3/t19-,20-,23?/m0/s1. The zero-order valence-corrected chi connectivity index (χ0v) is 25.6. The smallest absolute Gasteiger partial charge is 0.302 e. The monoisotopic (exact) mass is 640 g/mol. The number of nitrogens with zero attached hydrogens (tertiary/aromatic N) is 4. The summed E-state index contributed by atoms with van der Waals surface area (Å²) in [6, 6.07) is 13.2. The number of carbonyl (C=O) groups excluding carboxylic acids is 3. The van der Waals surface area contributed by atoms with Crippen LogP contribution in [0.25, 0.3) is 5.78 Å². The molecule has 1 unspecified atom stereocenters. The van der Waals surface area contributed by atoms with Gasteiger partial charge in [-0.05, 0) is 43.5 Å². The second kappa shape index (κ2) is 13.7. The van der Waals surface area contributed by atoms with Crippen molar-refractivity contribution in [3.63, 3.8) is 0 Å². The second-order valence-electron chi connectivity index (χ2n) is 10.6. The summed E-state index contributed by atoms with van der Waals surface area (Å²) in [6.45, 7) is 4.53. The molecule has 1 saturated heterocycles. The van der Waals surface area contributed by atoms with Crippen molar-refractivity contribution in [1.29, 1.82) is 0 Å². The van der Waals surface area contributed by atoms with Crippen LogP contribution >= 0.6 is 23.4 Å². The van der Waals surface area contributed by atoms with Crippen LogP contribution in [0.1, 0.15) is 35.5 Å². The third-order valence-corrected chi connectivity index (χ3v) is 8.31. The number of halogens is 2. The SMILES string of the molecule is C[C@H]1CN(C(=O)Cn2ccn3c(=O)c(OCc4ccccc4)c(C(=O)SC(C=O)Cc4ccc(F)c(Cl)c4)nc23)C[C@H](C)O1. The van der Waals surface area contributed by atoms with Gasteiger partial charge in [0.2, 0.25) is 22.5 Å². The lowest BCUT2D eigenvalue weighted by atomic mass is 10.1. The van der Waals surface area contributed by atoms with Crippen LogP contribution in [0.15, 0.2) is 65.7 Å². The second-order valence-corrected chi connectivity index (χ2v) is 12.2. The first-order valence-electron chi connectivity index (χ1n) is 13.9. The molecule has 5 rings (SSSR count). The van der Waals surface area contributed by atoms with Crippen molar-refractivity contribution in [2.24, 2.45) is 0 Å². The molecule has 1 fully saturated rings. The number of ether oxygens (including phenoxy) is 2. The Labute approximate surface area is 261 Å². The zero-order valence-electron chi connectivity index (χ0n) is 24.0. The highest BCUT2D eigenvalue weighted by Gasteiger charge is 2.28. The average molecular weight is 641 g/mol. The number of hydrogen-bond donors (Lipinski definition) is 0. The average Bonchev–Trinajstić information content (AvgIpc) is 3.40. The molecule has 230 valence electrons. The maximum Gasteiger partial charge on any atom is 0.302 e. The number of imidazole rings is 1. The van der Waals surface area contributed by atoms with Gasteiger partial charge in [-0.1, -0.05) is 59.8 Å². The van der Waals surface area contributed by atoms with E-state index in [4.69, 9.17) is 21.1 Å². The first-order chi connectivity index (χ1) is 21.1. The fourth-order valence-corrected chi connectivity index (χ4v) is 6.07. The fraction of sp³-hybridized carbons (Fsp3) is 0.323. The van der Waals surface area contributed by atoms with E-state index in [2.05, 4.69) is 4.98 Å². The quantitative estimate of drug-likeness (QED) is 0.237. The van der Waals surface area contributed by atoms with Gasteiger partial charge >= 0.3 is 5.56 Å². The maximum absolute atomic E-state index is 13.7. The van der Waals surface area contributed by atoms with E-state index < -0.39 is 21.7 Å². The van der Waals surface area contributed by atoms with Gasteiger partial charge in [0.05, 0.1) is 22.5 Å². The van der Waals surface area contributed by atoms with Gasteiger partial charge in [-0.2, -0.15) is 0 Å². The molecule has 1 amide bonds. The van der Waals surface area contributed by atoms with E-state index in [1.165, 1.54) is 33.4 Å². The van der Waals surface area contributed by atoms with Gasteiger partial charge in [-0.3, -0.25) is 14.4 Å². The molecule has 3 atom stereocenters. The highest BCUT2D eigenvalue weighted by atomic mass is 35.5. The van der Waals surface area contributed by atoms with Crippen LogP contribution in [0.2, 0.25) is 5.02 Å². The fourth-order valence-electron chi connectivity index (χ4n) is 5.02. The molecule has 0 N–H and O–H groups in total. The Morgan fingerprint density at radius 1 is 1.14 bits per heavy atom. The Morgan fingerprint density at radius 2 is 1.86 bits per heavy atom. The first-order valence-corrected chi connectivity index (χ1v) is 15.2. The van der Waals surface area contributed by atoms with Crippen LogP contribution in [0.4, 0.5) is 4.39 Å². The van der Waals surface area contributed by atoms with E-state index in [1.54, 1.807) is 11.1 Å². The lowest BCUT2D eigenvalue weighted by Crippen LogP contribution is -2.49. The van der Waals surface area contributed by atoms with E-state index in [0.717, 1.165) is 5.56 Å². The number of carbonyl (C=O) groups is 3. The molecule has 0 radical (unpaired) electrons. The number of aromatic nitrogens is 3. The van der Waals surface area contributed by atoms with Gasteiger partial charge in [0, 0.05) is 25.5 Å². The number of hydrogen-bond acceptors (Lipinski definition) is 8. The molecule has 10 nitrogen and oxygen atoms in total. The van der Waals surface area contributed by atoms with Crippen molar-refractivity contribution >= 4 is 46.4 Å². The summed E-state index contributed by atoms with van der Waals surface area (Å²) >= 11 is 6.56. The van der Waals surface area contributed by atoms with E-state index in [1.807, 2.05) is 44.2 Å². The number of amides is 1. The van der Waals surface area contributed by atoms with Gasteiger partial charge in [-0.15, -0.1) is 0 Å². The summed E-state index contributed by atoms with van der Waals surface area (Å²) in [5.41, 5.74) is 0.403. The van der Waals surface area contributed by atoms with Gasteiger partial charge in [0.15, 0.2) is 5.69 Å². The number of benzene rings is 2. The van der Waals surface area contributed by atoms with Gasteiger partial charge < -0.3 is 23.7 Å². The molecular weight excluding hydrogens is 611 g/mol. The Hall–Kier alpha value is -4.00. The third kappa shape index (κ3) is 7.20. The zero-order chi connectivity index (χ0) is 31.4. The van der Waals surface area contributed by atoms with E-state index in [0.29, 0.717) is 36.7 Å². The molecule has 44 heavy (non-hydrogen) atoms. The summed E-state index contributed by atoms with van der Waals surface area (Å²) in [5, 5.41) is -1.66. The van der Waals surface area contributed by atoms with Crippen molar-refractivity contribution < 1.29 is 28.2 Å². The number of aldehydes is 1. The molecule has 1 aliphatic rings. The minimum absolute atomic E-state index is 0.00739. The lowest BCUT2D eigenvalue weighted by Gasteiger charge is -2.35. The van der Waals surface area contributed by atoms with Crippen LogP contribution < -0.4 is 10.3 Å². The minimum atomic E-state index is -0.884. The molecule has 0 spiro atoms. The maximum atomic E-state index is 13.7. The third-order valence-electron chi connectivity index (χ3n) is 7.04. The molecular formula is C31H30ClFN4O6S. The predicted molar refractivity (Wildman–Crippen MR) is 164 cm³/mol. The molecule has 0 bridgehead atoms. The molecule has 1 aliphatic heterocycles. The molecule has 2 aromatic carbocycles. The van der Waals surface area contributed by atoms with Gasteiger partial charge in [0.1, 0.15) is 25.3 Å². The Balaban J connectivity index is 1.46. The van der Waals surface area contributed by atoms with E-state index in [-0.39, 0.29) is 59.9 Å². The molecule has 0 saturated carbocycles. The predicted octanol–water partition coefficient (Wildman–Crippen LogP) is 4.19. The number of fused-ring (bicyclic) bond motifs is 1. The summed E-state index contributed by atoms with van der Waals surface area (Å²) in [7, 11) is 0. The van der Waals surface area contributed by atoms with E-state index in [9.17, 15) is 23.6 Å². The normalized spacial score (nSPS) is 17.4. The summed E-state index contributed by atoms with van der Waals surface area (Å²) < 4.78 is 28.0. The first kappa shape index (κ1) is 31.4. The molecule has 13 heteroatoms. The minimum Gasteiger partial charge on any atom is -0.481 e. The van der Waals surface area contributed by atoms with Gasteiger partial charge in [0.25, 0.3) is 0 Å². The highest BCUT2D eigenvalue weighted by Crippen LogP contribution is 2.26. The topological polar surface area (TPSA) is 112 Å². The number of thioether (sulfide) groups is 1. The largest absolute Gasteiger partial charge is 0.481 e. The van der Waals surface area contributed by atoms with Crippen molar-refractivity contribution in [2.75, 3.05) is 13.1 Å². The summed E-state index contributed by atoms with van der Waals surface area (Å²) in [6.07, 6.45) is 3.46. The molecule has 3 heterocycles. The Morgan fingerprint density at radius 3 is 2.55 bits per heavy atom. The summed E-state index contributed by atoms with van der Waals surface area (Å²) in [5.74, 6) is -0.996. The highest BCUT2D eigenvalue weighted by molar-refractivity contribution is 8.15. The van der Waals surface area contributed by atoms with E-state index >= 15 is 0 Å². The van der Waals surface area contributed by atoms with Crippen LogP contribution in [-0.2, 0) is 33.9 Å². The van der Waals surface area contributed by atoms with Crippen LogP contribution in [-0.4, -0.2) is 66.7 Å². The van der Waals surface area contributed by atoms with Crippen LogP contribution in [0, 0.1) is 5.82 Å². The van der Waals surface area contributed by atoms with Crippen molar-refractivity contribution in [3.8, 4) is 5.75 Å². The van der Waals surface area contributed by atoms with Crippen molar-refractivity contribution in [2.45, 2.75) is 50.9 Å².